The highest BCUT2D eigenvalue weighted by molar-refractivity contribution is 5.79. The third-order valence-electron chi connectivity index (χ3n) is 4.36. The van der Waals surface area contributed by atoms with Gasteiger partial charge < -0.3 is 14.2 Å². The highest BCUT2D eigenvalue weighted by Gasteiger charge is 2.22. The van der Waals surface area contributed by atoms with Gasteiger partial charge in [0.25, 0.3) is 0 Å². The molecule has 2 aromatic heterocycles. The van der Waals surface area contributed by atoms with Crippen molar-refractivity contribution in [3.8, 4) is 6.01 Å². The van der Waals surface area contributed by atoms with Gasteiger partial charge in [0.15, 0.2) is 0 Å². The summed E-state index contributed by atoms with van der Waals surface area (Å²) in [6.45, 7) is 6.14. The first-order valence-electron chi connectivity index (χ1n) is 7.72. The van der Waals surface area contributed by atoms with Gasteiger partial charge in [-0.05, 0) is 38.4 Å². The minimum absolute atomic E-state index is 0.356. The molecule has 0 radical (unpaired) electrons. The number of hydrogen-bond acceptors (Lipinski definition) is 4. The molecule has 0 spiro atoms. The van der Waals surface area contributed by atoms with Crippen molar-refractivity contribution in [1.82, 2.24) is 19.4 Å². The molecule has 1 atom stereocenters. The molecule has 1 unspecified atom stereocenters. The quantitative estimate of drug-likeness (QED) is 0.867. The maximum Gasteiger partial charge on any atom is 0.318 e. The summed E-state index contributed by atoms with van der Waals surface area (Å²) in [7, 11) is 4.16. The molecule has 1 saturated heterocycles. The zero-order valence-electron chi connectivity index (χ0n) is 13.3. The van der Waals surface area contributed by atoms with Crippen LogP contribution in [0.25, 0.3) is 11.0 Å². The third-order valence-corrected chi connectivity index (χ3v) is 4.36. The fourth-order valence-electron chi connectivity index (χ4n) is 3.00. The monoisotopic (exact) mass is 288 g/mol. The average molecular weight is 288 g/mol. The summed E-state index contributed by atoms with van der Waals surface area (Å²) in [6, 6.07) is 3.08. The first-order chi connectivity index (χ1) is 10.1. The Balaban J connectivity index is 1.86. The summed E-state index contributed by atoms with van der Waals surface area (Å²) in [6.07, 6.45) is 4.47. The van der Waals surface area contributed by atoms with Crippen LogP contribution < -0.4 is 4.74 Å². The van der Waals surface area contributed by atoms with E-state index in [0.717, 1.165) is 23.3 Å². The van der Waals surface area contributed by atoms with E-state index < -0.39 is 0 Å². The van der Waals surface area contributed by atoms with E-state index in [0.29, 0.717) is 24.6 Å². The van der Waals surface area contributed by atoms with Crippen LogP contribution in [0.15, 0.2) is 12.3 Å². The van der Waals surface area contributed by atoms with Crippen molar-refractivity contribution in [2.75, 3.05) is 20.2 Å². The molecule has 1 aliphatic rings. The van der Waals surface area contributed by atoms with Gasteiger partial charge in [-0.25, -0.2) is 0 Å². The van der Waals surface area contributed by atoms with Crippen molar-refractivity contribution in [3.63, 3.8) is 0 Å². The van der Waals surface area contributed by atoms with Gasteiger partial charge in [-0.1, -0.05) is 13.8 Å². The molecule has 3 heterocycles. The van der Waals surface area contributed by atoms with Crippen molar-refractivity contribution in [2.45, 2.75) is 38.6 Å². The second kappa shape index (κ2) is 5.64. The lowest BCUT2D eigenvalue weighted by Crippen LogP contribution is -2.31. The molecule has 0 aliphatic carbocycles. The smallest absolute Gasteiger partial charge is 0.318 e. The lowest BCUT2D eigenvalue weighted by Gasteiger charge is -2.19. The number of aromatic nitrogens is 3. The largest absolute Gasteiger partial charge is 0.462 e. The van der Waals surface area contributed by atoms with Crippen molar-refractivity contribution in [1.29, 1.82) is 0 Å². The van der Waals surface area contributed by atoms with Gasteiger partial charge in [0.1, 0.15) is 12.3 Å². The number of fused-ring (bicyclic) bond motifs is 1. The lowest BCUT2D eigenvalue weighted by atomic mass is 10.1. The average Bonchev–Trinajstić information content (AvgIpc) is 3.02. The topological polar surface area (TPSA) is 43.2 Å². The molecule has 3 rings (SSSR count). The Labute approximate surface area is 125 Å². The lowest BCUT2D eigenvalue weighted by molar-refractivity contribution is 0.187. The molecule has 5 nitrogen and oxygen atoms in total. The molecule has 1 fully saturated rings. The van der Waals surface area contributed by atoms with Crippen LogP contribution in [0.5, 0.6) is 6.01 Å². The molecule has 114 valence electrons. The van der Waals surface area contributed by atoms with Gasteiger partial charge in [-0.2, -0.15) is 9.97 Å². The van der Waals surface area contributed by atoms with Crippen molar-refractivity contribution in [2.24, 2.45) is 7.05 Å². The number of likely N-dealkylation sites (N-methyl/N-ethyl adjacent to an activating group) is 1. The molecular weight excluding hydrogens is 264 g/mol. The standard InChI is InChI=1S/C16H24N4O/c1-11(2)14-13-7-9-20(4)15(13)18-16(17-14)21-10-12-6-5-8-19(12)3/h7,9,11-12H,5-6,8,10H2,1-4H3. The predicted molar refractivity (Wildman–Crippen MR) is 83.7 cm³/mol. The van der Waals surface area contributed by atoms with E-state index >= 15 is 0 Å². The van der Waals surface area contributed by atoms with Gasteiger partial charge in [0, 0.05) is 24.7 Å². The molecule has 0 aromatic carbocycles. The molecule has 2 aromatic rings. The molecule has 0 N–H and O–H groups in total. The van der Waals surface area contributed by atoms with E-state index in [4.69, 9.17) is 4.74 Å². The molecule has 5 heteroatoms. The molecule has 0 bridgehead atoms. The first-order valence-corrected chi connectivity index (χ1v) is 7.72. The van der Waals surface area contributed by atoms with Crippen molar-refractivity contribution < 1.29 is 4.74 Å². The maximum absolute atomic E-state index is 5.91. The van der Waals surface area contributed by atoms with Gasteiger partial charge in [-0.15, -0.1) is 0 Å². The van der Waals surface area contributed by atoms with Crippen LogP contribution in [0.2, 0.25) is 0 Å². The maximum atomic E-state index is 5.91. The van der Waals surface area contributed by atoms with E-state index in [1.54, 1.807) is 0 Å². The van der Waals surface area contributed by atoms with E-state index in [9.17, 15) is 0 Å². The van der Waals surface area contributed by atoms with Crippen LogP contribution in [0, 0.1) is 0 Å². The highest BCUT2D eigenvalue weighted by atomic mass is 16.5. The Morgan fingerprint density at radius 3 is 2.81 bits per heavy atom. The van der Waals surface area contributed by atoms with E-state index in [1.807, 2.05) is 17.8 Å². The van der Waals surface area contributed by atoms with Crippen LogP contribution in [0.1, 0.15) is 38.3 Å². The molecular formula is C16H24N4O. The number of hydrogen-bond donors (Lipinski definition) is 0. The second-order valence-corrected chi connectivity index (χ2v) is 6.30. The van der Waals surface area contributed by atoms with Gasteiger partial charge in [-0.3, -0.25) is 0 Å². The number of aryl methyl sites for hydroxylation is 1. The van der Waals surface area contributed by atoms with Crippen LogP contribution in [0.4, 0.5) is 0 Å². The molecule has 21 heavy (non-hydrogen) atoms. The van der Waals surface area contributed by atoms with E-state index in [1.165, 1.54) is 12.8 Å². The Morgan fingerprint density at radius 1 is 1.33 bits per heavy atom. The van der Waals surface area contributed by atoms with Gasteiger partial charge in [0.2, 0.25) is 0 Å². The molecule has 0 saturated carbocycles. The van der Waals surface area contributed by atoms with Gasteiger partial charge >= 0.3 is 6.01 Å². The Bertz CT molecular complexity index is 634. The minimum atomic E-state index is 0.356. The van der Waals surface area contributed by atoms with E-state index in [2.05, 4.69) is 41.8 Å². The summed E-state index contributed by atoms with van der Waals surface area (Å²) in [5.41, 5.74) is 2.01. The van der Waals surface area contributed by atoms with Crippen molar-refractivity contribution >= 4 is 11.0 Å². The third kappa shape index (κ3) is 2.75. The van der Waals surface area contributed by atoms with Crippen LogP contribution >= 0.6 is 0 Å². The Kier molecular flexibility index (Phi) is 3.85. The number of rotatable bonds is 4. The van der Waals surface area contributed by atoms with Crippen LogP contribution in [0.3, 0.4) is 0 Å². The SMILES string of the molecule is CC(C)c1nc(OCC2CCCN2C)nc2c1ccn2C. The van der Waals surface area contributed by atoms with Crippen LogP contribution in [-0.4, -0.2) is 45.7 Å². The fourth-order valence-corrected chi connectivity index (χ4v) is 3.00. The second-order valence-electron chi connectivity index (χ2n) is 6.30. The summed E-state index contributed by atoms with van der Waals surface area (Å²) in [4.78, 5) is 11.6. The van der Waals surface area contributed by atoms with E-state index in [-0.39, 0.29) is 0 Å². The predicted octanol–water partition coefficient (Wildman–Crippen LogP) is 2.56. The summed E-state index contributed by atoms with van der Waals surface area (Å²) >= 11 is 0. The number of nitrogens with zero attached hydrogens (tertiary/aromatic N) is 4. The number of likely N-dealkylation sites (tertiary alicyclic amines) is 1. The summed E-state index contributed by atoms with van der Waals surface area (Å²) in [5, 5.41) is 1.12. The normalized spacial score (nSPS) is 19.8. The fraction of sp³-hybridized carbons (Fsp3) is 0.625. The summed E-state index contributed by atoms with van der Waals surface area (Å²) < 4.78 is 7.93. The first kappa shape index (κ1) is 14.3. The minimum Gasteiger partial charge on any atom is -0.462 e. The highest BCUT2D eigenvalue weighted by Crippen LogP contribution is 2.25. The molecule has 1 aliphatic heterocycles. The van der Waals surface area contributed by atoms with Crippen LogP contribution in [-0.2, 0) is 7.05 Å². The van der Waals surface area contributed by atoms with Gasteiger partial charge in [0.05, 0.1) is 5.69 Å². The Morgan fingerprint density at radius 2 is 2.14 bits per heavy atom. The molecule has 0 amide bonds. The summed E-state index contributed by atoms with van der Waals surface area (Å²) in [5.74, 6) is 0.356. The zero-order valence-corrected chi connectivity index (χ0v) is 13.3. The Hall–Kier alpha value is -1.62. The zero-order chi connectivity index (χ0) is 15.0. The van der Waals surface area contributed by atoms with Crippen molar-refractivity contribution in [3.05, 3.63) is 18.0 Å². The number of ether oxygens (including phenoxy) is 1.